The largest absolute Gasteiger partial charge is 0.481 e. The van der Waals surface area contributed by atoms with Crippen LogP contribution in [0.2, 0.25) is 0 Å². The SMILES string of the molecule is CC1CCN(CCCCC(C)(C)C(=O)O)CC1C. The van der Waals surface area contributed by atoms with Gasteiger partial charge < -0.3 is 10.0 Å². The van der Waals surface area contributed by atoms with E-state index in [9.17, 15) is 4.79 Å². The van der Waals surface area contributed by atoms with Crippen molar-refractivity contribution in [2.45, 2.75) is 53.4 Å². The monoisotopic (exact) mass is 255 g/mol. The molecule has 1 heterocycles. The number of unbranched alkanes of at least 4 members (excludes halogenated alkanes) is 1. The molecule has 0 aromatic carbocycles. The number of aliphatic carboxylic acids is 1. The van der Waals surface area contributed by atoms with Gasteiger partial charge in [0.25, 0.3) is 0 Å². The molecular formula is C15H29NO2. The van der Waals surface area contributed by atoms with Crippen molar-refractivity contribution in [1.29, 1.82) is 0 Å². The smallest absolute Gasteiger partial charge is 0.309 e. The van der Waals surface area contributed by atoms with Crippen molar-refractivity contribution in [3.8, 4) is 0 Å². The molecule has 2 atom stereocenters. The van der Waals surface area contributed by atoms with Crippen molar-refractivity contribution in [2.75, 3.05) is 19.6 Å². The second-order valence-corrected chi connectivity index (χ2v) is 6.69. The minimum Gasteiger partial charge on any atom is -0.481 e. The van der Waals surface area contributed by atoms with E-state index >= 15 is 0 Å². The number of carboxylic acid groups (broad SMARTS) is 1. The highest BCUT2D eigenvalue weighted by atomic mass is 16.4. The lowest BCUT2D eigenvalue weighted by atomic mass is 9.87. The van der Waals surface area contributed by atoms with Crippen LogP contribution in [0.25, 0.3) is 0 Å². The number of hydrogen-bond donors (Lipinski definition) is 1. The van der Waals surface area contributed by atoms with E-state index in [4.69, 9.17) is 5.11 Å². The van der Waals surface area contributed by atoms with Crippen LogP contribution in [0.3, 0.4) is 0 Å². The Balaban J connectivity index is 2.17. The van der Waals surface area contributed by atoms with Crippen LogP contribution in [0.15, 0.2) is 0 Å². The fourth-order valence-corrected chi connectivity index (χ4v) is 2.56. The predicted octanol–water partition coefficient (Wildman–Crippen LogP) is 3.25. The fraction of sp³-hybridized carbons (Fsp3) is 0.933. The number of piperidine rings is 1. The van der Waals surface area contributed by atoms with Gasteiger partial charge in [-0.2, -0.15) is 0 Å². The Bertz CT molecular complexity index is 276. The third-order valence-electron chi connectivity index (χ3n) is 4.52. The van der Waals surface area contributed by atoms with Crippen molar-refractivity contribution in [3.05, 3.63) is 0 Å². The van der Waals surface area contributed by atoms with Crippen molar-refractivity contribution >= 4 is 5.97 Å². The second kappa shape index (κ2) is 6.55. The topological polar surface area (TPSA) is 40.5 Å². The molecular weight excluding hydrogens is 226 g/mol. The number of hydrogen-bond acceptors (Lipinski definition) is 2. The molecule has 0 amide bonds. The molecule has 0 aromatic heterocycles. The Morgan fingerprint density at radius 2 is 1.94 bits per heavy atom. The summed E-state index contributed by atoms with van der Waals surface area (Å²) in [6, 6.07) is 0. The minimum absolute atomic E-state index is 0.566. The molecule has 0 radical (unpaired) electrons. The molecule has 0 aliphatic carbocycles. The Hall–Kier alpha value is -0.570. The number of likely N-dealkylation sites (tertiary alicyclic amines) is 1. The van der Waals surface area contributed by atoms with Crippen LogP contribution >= 0.6 is 0 Å². The highest BCUT2D eigenvalue weighted by molar-refractivity contribution is 5.73. The molecule has 0 bridgehead atoms. The van der Waals surface area contributed by atoms with Gasteiger partial charge in [0, 0.05) is 6.54 Å². The van der Waals surface area contributed by atoms with E-state index in [1.165, 1.54) is 19.5 Å². The summed E-state index contributed by atoms with van der Waals surface area (Å²) in [7, 11) is 0. The first-order valence-electron chi connectivity index (χ1n) is 7.28. The van der Waals surface area contributed by atoms with E-state index < -0.39 is 11.4 Å². The summed E-state index contributed by atoms with van der Waals surface area (Å²) in [4.78, 5) is 13.5. The first-order chi connectivity index (χ1) is 8.33. The highest BCUT2D eigenvalue weighted by Gasteiger charge is 2.26. The van der Waals surface area contributed by atoms with Gasteiger partial charge in [-0.25, -0.2) is 0 Å². The van der Waals surface area contributed by atoms with E-state index in [1.54, 1.807) is 0 Å². The maximum absolute atomic E-state index is 11.0. The zero-order valence-electron chi connectivity index (χ0n) is 12.4. The molecule has 106 valence electrons. The van der Waals surface area contributed by atoms with Gasteiger partial charge in [0.1, 0.15) is 0 Å². The summed E-state index contributed by atoms with van der Waals surface area (Å²) in [5, 5.41) is 9.04. The van der Waals surface area contributed by atoms with E-state index in [0.717, 1.165) is 37.6 Å². The van der Waals surface area contributed by atoms with Crippen LogP contribution in [-0.2, 0) is 4.79 Å². The minimum atomic E-state index is -0.678. The van der Waals surface area contributed by atoms with Crippen molar-refractivity contribution in [3.63, 3.8) is 0 Å². The molecule has 0 saturated carbocycles. The Kier molecular flexibility index (Phi) is 5.64. The molecule has 3 heteroatoms. The normalized spacial score (nSPS) is 26.2. The van der Waals surface area contributed by atoms with E-state index in [1.807, 2.05) is 13.8 Å². The van der Waals surface area contributed by atoms with E-state index in [0.29, 0.717) is 0 Å². The molecule has 1 aliphatic heterocycles. The molecule has 1 N–H and O–H groups in total. The van der Waals surface area contributed by atoms with Gasteiger partial charge in [-0.05, 0) is 58.0 Å². The Morgan fingerprint density at radius 1 is 1.28 bits per heavy atom. The van der Waals surface area contributed by atoms with Gasteiger partial charge in [-0.3, -0.25) is 4.79 Å². The van der Waals surface area contributed by atoms with Crippen molar-refractivity contribution in [1.82, 2.24) is 4.90 Å². The first kappa shape index (κ1) is 15.5. The summed E-state index contributed by atoms with van der Waals surface area (Å²) >= 11 is 0. The molecule has 1 saturated heterocycles. The Labute approximate surface area is 112 Å². The van der Waals surface area contributed by atoms with Crippen LogP contribution in [0.5, 0.6) is 0 Å². The molecule has 2 unspecified atom stereocenters. The zero-order chi connectivity index (χ0) is 13.8. The molecule has 1 rings (SSSR count). The molecule has 3 nitrogen and oxygen atoms in total. The number of rotatable bonds is 6. The molecule has 18 heavy (non-hydrogen) atoms. The highest BCUT2D eigenvalue weighted by Crippen LogP contribution is 2.25. The third-order valence-corrected chi connectivity index (χ3v) is 4.52. The van der Waals surface area contributed by atoms with Gasteiger partial charge in [0.15, 0.2) is 0 Å². The maximum Gasteiger partial charge on any atom is 0.309 e. The van der Waals surface area contributed by atoms with Gasteiger partial charge >= 0.3 is 5.97 Å². The van der Waals surface area contributed by atoms with Crippen LogP contribution in [0.1, 0.15) is 53.4 Å². The summed E-state index contributed by atoms with van der Waals surface area (Å²) in [5.41, 5.74) is -0.566. The number of carbonyl (C=O) groups is 1. The number of carboxylic acids is 1. The maximum atomic E-state index is 11.0. The molecule has 0 spiro atoms. The van der Waals surface area contributed by atoms with Crippen molar-refractivity contribution < 1.29 is 9.90 Å². The van der Waals surface area contributed by atoms with Gasteiger partial charge in [0.2, 0.25) is 0 Å². The zero-order valence-corrected chi connectivity index (χ0v) is 12.4. The molecule has 0 aromatic rings. The Morgan fingerprint density at radius 3 is 2.50 bits per heavy atom. The quantitative estimate of drug-likeness (QED) is 0.741. The van der Waals surface area contributed by atoms with Gasteiger partial charge in [0.05, 0.1) is 5.41 Å². The number of nitrogens with zero attached hydrogens (tertiary/aromatic N) is 1. The summed E-state index contributed by atoms with van der Waals surface area (Å²) in [6.45, 7) is 11.9. The van der Waals surface area contributed by atoms with E-state index in [2.05, 4.69) is 18.7 Å². The summed E-state index contributed by atoms with van der Waals surface area (Å²) in [5.74, 6) is 0.976. The first-order valence-corrected chi connectivity index (χ1v) is 7.28. The van der Waals surface area contributed by atoms with Crippen molar-refractivity contribution in [2.24, 2.45) is 17.3 Å². The van der Waals surface area contributed by atoms with Gasteiger partial charge in [-0.15, -0.1) is 0 Å². The van der Waals surface area contributed by atoms with Crippen LogP contribution in [0.4, 0.5) is 0 Å². The lowest BCUT2D eigenvalue weighted by Gasteiger charge is -2.35. The summed E-state index contributed by atoms with van der Waals surface area (Å²) < 4.78 is 0. The predicted molar refractivity (Wildman–Crippen MR) is 74.7 cm³/mol. The molecule has 1 fully saturated rings. The second-order valence-electron chi connectivity index (χ2n) is 6.69. The molecule has 1 aliphatic rings. The van der Waals surface area contributed by atoms with Crippen LogP contribution in [-0.4, -0.2) is 35.6 Å². The standard InChI is InChI=1S/C15H29NO2/c1-12-7-10-16(11-13(12)2)9-6-5-8-15(3,4)14(17)18/h12-13H,5-11H2,1-4H3,(H,17,18). The summed E-state index contributed by atoms with van der Waals surface area (Å²) in [6.07, 6.45) is 4.22. The van der Waals surface area contributed by atoms with Gasteiger partial charge in [-0.1, -0.05) is 20.3 Å². The average molecular weight is 255 g/mol. The fourth-order valence-electron chi connectivity index (χ4n) is 2.56. The lowest BCUT2D eigenvalue weighted by molar-refractivity contribution is -0.147. The van der Waals surface area contributed by atoms with Crippen LogP contribution in [0, 0.1) is 17.3 Å². The third kappa shape index (κ3) is 4.60. The van der Waals surface area contributed by atoms with E-state index in [-0.39, 0.29) is 0 Å². The lowest BCUT2D eigenvalue weighted by Crippen LogP contribution is -2.38. The van der Waals surface area contributed by atoms with Crippen LogP contribution < -0.4 is 0 Å². The average Bonchev–Trinajstić information content (AvgIpc) is 2.29.